The van der Waals surface area contributed by atoms with Crippen molar-refractivity contribution in [1.29, 1.82) is 0 Å². The van der Waals surface area contributed by atoms with Crippen LogP contribution in [0.3, 0.4) is 0 Å². The van der Waals surface area contributed by atoms with Crippen molar-refractivity contribution in [1.82, 2.24) is 4.90 Å². The lowest BCUT2D eigenvalue weighted by molar-refractivity contribution is -0.116. The summed E-state index contributed by atoms with van der Waals surface area (Å²) in [6, 6.07) is 20.1. The van der Waals surface area contributed by atoms with Gasteiger partial charge in [0.15, 0.2) is 5.78 Å². The molecule has 1 saturated carbocycles. The minimum atomic E-state index is -1.93. The Bertz CT molecular complexity index is 1100. The molecule has 5 heteroatoms. The van der Waals surface area contributed by atoms with Crippen LogP contribution in [0.2, 0.25) is 19.6 Å². The number of hydrogen-bond donors (Lipinski definition) is 0. The Balaban J connectivity index is 1.66. The summed E-state index contributed by atoms with van der Waals surface area (Å²) in [6.45, 7) is 13.3. The monoisotopic (exact) mass is 503 g/mol. The fraction of sp³-hybridized carbons (Fsp3) is 0.484. The van der Waals surface area contributed by atoms with E-state index in [0.29, 0.717) is 12.3 Å². The maximum Gasteiger partial charge on any atom is 0.414 e. The molecule has 2 aliphatic rings. The highest BCUT2D eigenvalue weighted by Crippen LogP contribution is 2.44. The number of carbonyl (C=O) groups excluding carboxylic acids is 2. The number of benzene rings is 2. The summed E-state index contributed by atoms with van der Waals surface area (Å²) in [5.41, 5.74) is 2.12. The summed E-state index contributed by atoms with van der Waals surface area (Å²) in [6.07, 6.45) is 4.64. The van der Waals surface area contributed by atoms with Gasteiger partial charge in [-0.2, -0.15) is 0 Å². The Morgan fingerprint density at radius 3 is 2.19 bits per heavy atom. The van der Waals surface area contributed by atoms with Crippen molar-refractivity contribution in [3.05, 3.63) is 83.2 Å². The van der Waals surface area contributed by atoms with Crippen molar-refractivity contribution in [2.24, 2.45) is 11.8 Å². The van der Waals surface area contributed by atoms with E-state index in [1.54, 1.807) is 4.90 Å². The number of ether oxygens (including phenoxy) is 1. The molecule has 0 bridgehead atoms. The lowest BCUT2D eigenvalue weighted by Crippen LogP contribution is -2.47. The van der Waals surface area contributed by atoms with Crippen LogP contribution in [0.25, 0.3) is 0 Å². The van der Waals surface area contributed by atoms with E-state index in [9.17, 15) is 9.59 Å². The minimum absolute atomic E-state index is 0.123. The summed E-state index contributed by atoms with van der Waals surface area (Å²) in [7, 11) is -1.93. The van der Waals surface area contributed by atoms with Gasteiger partial charge in [-0.15, -0.1) is 0 Å². The SMILES string of the molecule is C[C@@H]1CC[C@@H](C(C)(C)c2ccccc2)[C@H](OC(=O)N2C=C([Si](C)(C)C)C(=O)C[C@@H]2c2ccccc2)C1. The van der Waals surface area contributed by atoms with Crippen LogP contribution in [0.15, 0.2) is 72.1 Å². The smallest absolute Gasteiger partial charge is 0.414 e. The molecule has 4 rings (SSSR count). The first kappa shape index (κ1) is 26.4. The molecule has 1 aliphatic carbocycles. The number of allylic oxidation sites excluding steroid dienone is 1. The molecule has 36 heavy (non-hydrogen) atoms. The highest BCUT2D eigenvalue weighted by Gasteiger charge is 2.44. The van der Waals surface area contributed by atoms with Crippen LogP contribution in [-0.2, 0) is 14.9 Å². The number of amides is 1. The number of ketones is 1. The van der Waals surface area contributed by atoms with Crippen LogP contribution in [0, 0.1) is 11.8 Å². The second kappa shape index (κ2) is 10.4. The van der Waals surface area contributed by atoms with Gasteiger partial charge >= 0.3 is 6.09 Å². The summed E-state index contributed by atoms with van der Waals surface area (Å²) in [5, 5.41) is 0.810. The highest BCUT2D eigenvalue weighted by molar-refractivity contribution is 6.87. The lowest BCUT2D eigenvalue weighted by Gasteiger charge is -2.45. The van der Waals surface area contributed by atoms with Crippen molar-refractivity contribution in [2.75, 3.05) is 0 Å². The molecular weight excluding hydrogens is 462 g/mol. The number of nitrogens with zero attached hydrogens (tertiary/aromatic N) is 1. The Kier molecular flexibility index (Phi) is 7.61. The van der Waals surface area contributed by atoms with E-state index < -0.39 is 8.07 Å². The molecule has 0 N–H and O–H groups in total. The number of rotatable bonds is 5. The van der Waals surface area contributed by atoms with Crippen LogP contribution in [0.5, 0.6) is 0 Å². The summed E-state index contributed by atoms with van der Waals surface area (Å²) in [5.74, 6) is 0.884. The second-order valence-electron chi connectivity index (χ2n) is 12.3. The molecule has 0 aromatic heterocycles. The van der Waals surface area contributed by atoms with Crippen LogP contribution < -0.4 is 0 Å². The van der Waals surface area contributed by atoms with Gasteiger partial charge in [0, 0.05) is 18.5 Å². The first-order chi connectivity index (χ1) is 17.0. The average Bonchev–Trinajstić information content (AvgIpc) is 2.84. The molecule has 2 aromatic carbocycles. The van der Waals surface area contributed by atoms with Crippen LogP contribution in [-0.4, -0.2) is 31.0 Å². The normalized spacial score (nSPS) is 25.3. The van der Waals surface area contributed by atoms with Gasteiger partial charge in [-0.3, -0.25) is 9.69 Å². The molecule has 1 fully saturated rings. The third-order valence-electron chi connectivity index (χ3n) is 8.24. The molecule has 1 aliphatic heterocycles. The Hall–Kier alpha value is -2.66. The van der Waals surface area contributed by atoms with Gasteiger partial charge in [-0.25, -0.2) is 4.79 Å². The number of hydrogen-bond acceptors (Lipinski definition) is 3. The zero-order valence-electron chi connectivity index (χ0n) is 22.7. The van der Waals surface area contributed by atoms with E-state index in [0.717, 1.165) is 30.0 Å². The van der Waals surface area contributed by atoms with Crippen molar-refractivity contribution in [3.8, 4) is 0 Å². The van der Waals surface area contributed by atoms with Gasteiger partial charge in [-0.05, 0) is 40.5 Å². The maximum atomic E-state index is 13.9. The standard InChI is InChI=1S/C31H41NO3Si/c1-22-17-18-25(31(2,3)24-15-11-8-12-16-24)28(19-22)35-30(34)32-21-29(36(4,5)6)27(33)20-26(32)23-13-9-7-10-14-23/h7-16,21-22,25-26,28H,17-20H2,1-6H3/t22-,25-,26-,28-/m1/s1. The third-order valence-corrected chi connectivity index (χ3v) is 10.3. The lowest BCUT2D eigenvalue weighted by atomic mass is 9.64. The number of Topliss-reactive ketones (excluding diaryl/α,β-unsaturated/α-hetero) is 1. The quantitative estimate of drug-likeness (QED) is 0.393. The molecule has 2 aromatic rings. The van der Waals surface area contributed by atoms with E-state index >= 15 is 0 Å². The van der Waals surface area contributed by atoms with Crippen molar-refractivity contribution < 1.29 is 14.3 Å². The number of carbonyl (C=O) groups is 2. The van der Waals surface area contributed by atoms with Gasteiger partial charge < -0.3 is 4.74 Å². The molecule has 0 radical (unpaired) electrons. The molecule has 1 heterocycles. The first-order valence-electron chi connectivity index (χ1n) is 13.3. The Morgan fingerprint density at radius 1 is 0.972 bits per heavy atom. The van der Waals surface area contributed by atoms with Gasteiger partial charge in [0.1, 0.15) is 6.10 Å². The van der Waals surface area contributed by atoms with E-state index in [1.807, 2.05) is 42.6 Å². The Labute approximate surface area is 217 Å². The molecular formula is C31H41NO3Si. The molecule has 0 saturated heterocycles. The largest absolute Gasteiger partial charge is 0.446 e. The molecule has 1 amide bonds. The molecule has 4 nitrogen and oxygen atoms in total. The molecule has 4 atom stereocenters. The fourth-order valence-corrected chi connectivity index (χ4v) is 7.45. The summed E-state index contributed by atoms with van der Waals surface area (Å²) >= 11 is 0. The van der Waals surface area contributed by atoms with Crippen molar-refractivity contribution in [3.63, 3.8) is 0 Å². The van der Waals surface area contributed by atoms with Crippen molar-refractivity contribution >= 4 is 20.0 Å². The van der Waals surface area contributed by atoms with E-state index in [-0.39, 0.29) is 35.4 Å². The predicted octanol–water partition coefficient (Wildman–Crippen LogP) is 7.68. The topological polar surface area (TPSA) is 46.6 Å². The van der Waals surface area contributed by atoms with Crippen molar-refractivity contribution in [2.45, 2.75) is 83.7 Å². The average molecular weight is 504 g/mol. The van der Waals surface area contributed by atoms with Crippen LogP contribution in [0.4, 0.5) is 4.79 Å². The molecule has 0 spiro atoms. The summed E-state index contributed by atoms with van der Waals surface area (Å²) in [4.78, 5) is 28.8. The molecule has 0 unspecified atom stereocenters. The van der Waals surface area contributed by atoms with Crippen LogP contribution in [0.1, 0.15) is 63.6 Å². The first-order valence-corrected chi connectivity index (χ1v) is 16.8. The van der Waals surface area contributed by atoms with Gasteiger partial charge in [0.05, 0.1) is 14.1 Å². The summed E-state index contributed by atoms with van der Waals surface area (Å²) < 4.78 is 6.42. The van der Waals surface area contributed by atoms with E-state index in [1.165, 1.54) is 5.56 Å². The fourth-order valence-electron chi connectivity index (χ4n) is 5.99. The van der Waals surface area contributed by atoms with E-state index in [4.69, 9.17) is 4.74 Å². The third kappa shape index (κ3) is 5.51. The Morgan fingerprint density at radius 2 is 1.58 bits per heavy atom. The van der Waals surface area contributed by atoms with Gasteiger partial charge in [0.25, 0.3) is 0 Å². The highest BCUT2D eigenvalue weighted by atomic mass is 28.3. The van der Waals surface area contributed by atoms with Gasteiger partial charge in [-0.1, -0.05) is 107 Å². The second-order valence-corrected chi connectivity index (χ2v) is 17.3. The predicted molar refractivity (Wildman–Crippen MR) is 148 cm³/mol. The maximum absolute atomic E-state index is 13.9. The zero-order chi connectivity index (χ0) is 26.1. The molecule has 192 valence electrons. The zero-order valence-corrected chi connectivity index (χ0v) is 23.7. The minimum Gasteiger partial charge on any atom is -0.446 e. The van der Waals surface area contributed by atoms with Crippen LogP contribution >= 0.6 is 0 Å². The van der Waals surface area contributed by atoms with E-state index in [2.05, 4.69) is 64.7 Å². The van der Waals surface area contributed by atoms with Gasteiger partial charge in [0.2, 0.25) is 0 Å².